The smallest absolute Gasteiger partial charge is 0.422 e. The van der Waals surface area contributed by atoms with Crippen molar-refractivity contribution in [3.63, 3.8) is 0 Å². The van der Waals surface area contributed by atoms with Crippen LogP contribution in [0, 0.1) is 0 Å². The Morgan fingerprint density at radius 1 is 0.610 bits per heavy atom. The normalized spacial score (nSPS) is 11.0. The fourth-order valence-electron chi connectivity index (χ4n) is 3.57. The highest BCUT2D eigenvalue weighted by atomic mass is 32.1. The van der Waals surface area contributed by atoms with Crippen LogP contribution >= 0.6 is 25.3 Å². The summed E-state index contributed by atoms with van der Waals surface area (Å²) in [6, 6.07) is 21.7. The van der Waals surface area contributed by atoms with Crippen molar-refractivity contribution in [2.45, 2.75) is 22.2 Å². The molecule has 0 fully saturated rings. The van der Waals surface area contributed by atoms with Crippen LogP contribution in [0.5, 0.6) is 11.5 Å². The van der Waals surface area contributed by atoms with Crippen LogP contribution in [0.3, 0.4) is 0 Å². The Morgan fingerprint density at radius 2 is 1.02 bits per heavy atom. The van der Waals surface area contributed by atoms with Gasteiger partial charge in [0.05, 0.1) is 11.1 Å². The zero-order valence-corrected chi connectivity index (χ0v) is 23.4. The van der Waals surface area contributed by atoms with Crippen LogP contribution in [0.2, 0.25) is 0 Å². The van der Waals surface area contributed by atoms with E-state index in [0.717, 1.165) is 0 Å². The van der Waals surface area contributed by atoms with Gasteiger partial charge in [0.25, 0.3) is 0 Å². The summed E-state index contributed by atoms with van der Waals surface area (Å²) < 4.78 is 23.8. The van der Waals surface area contributed by atoms with Gasteiger partial charge in [-0.1, -0.05) is 0 Å². The maximum atomic E-state index is 13.4. The molecule has 0 aliphatic carbocycles. The molecule has 0 spiro atoms. The van der Waals surface area contributed by atoms with Gasteiger partial charge in [-0.3, -0.25) is 0 Å². The first-order valence-corrected chi connectivity index (χ1v) is 13.1. The Morgan fingerprint density at radius 3 is 1.49 bits per heavy atom. The lowest BCUT2D eigenvalue weighted by Gasteiger charge is -2.34. The molecule has 0 aliphatic rings. The highest BCUT2D eigenvalue weighted by Crippen LogP contribution is 2.36. The standard InChI is InChI=1S/C29H28N4O6S2/c30-19-5-1-17(2-6-19)27(34)36-14-13-29(37-23-15-21(32)9-11-25(23)40,38-24-16-22(33)10-12-26(24)41)39-28(35)18-3-7-20(31)8-4-18/h1-12,15-16,40-41H,13-14,30-33H2. The summed E-state index contributed by atoms with van der Waals surface area (Å²) in [6.07, 6.45) is -0.293. The zero-order chi connectivity index (χ0) is 29.6. The highest BCUT2D eigenvalue weighted by Gasteiger charge is 2.42. The van der Waals surface area contributed by atoms with E-state index in [0.29, 0.717) is 32.5 Å². The molecule has 4 aromatic rings. The first-order valence-electron chi connectivity index (χ1n) is 12.2. The number of nitrogen functional groups attached to an aromatic ring is 4. The van der Waals surface area contributed by atoms with Gasteiger partial charge in [-0.15, -0.1) is 25.3 Å². The quantitative estimate of drug-likeness (QED) is 0.0649. The molecule has 0 saturated carbocycles. The van der Waals surface area contributed by atoms with Gasteiger partial charge in [0.2, 0.25) is 0 Å². The van der Waals surface area contributed by atoms with Crippen LogP contribution in [-0.2, 0) is 9.47 Å². The number of thiol groups is 2. The molecule has 212 valence electrons. The molecular weight excluding hydrogens is 564 g/mol. The van der Waals surface area contributed by atoms with Crippen molar-refractivity contribution >= 4 is 59.9 Å². The highest BCUT2D eigenvalue weighted by molar-refractivity contribution is 7.80. The lowest BCUT2D eigenvalue weighted by Crippen LogP contribution is -2.48. The molecule has 0 aromatic heterocycles. The first kappa shape index (κ1) is 29.3. The van der Waals surface area contributed by atoms with Crippen molar-refractivity contribution in [1.29, 1.82) is 0 Å². The van der Waals surface area contributed by atoms with E-state index in [-0.39, 0.29) is 35.7 Å². The number of hydrogen-bond acceptors (Lipinski definition) is 12. The maximum absolute atomic E-state index is 13.4. The monoisotopic (exact) mass is 592 g/mol. The predicted octanol–water partition coefficient (Wildman–Crippen LogP) is 4.81. The van der Waals surface area contributed by atoms with E-state index in [1.54, 1.807) is 48.5 Å². The van der Waals surface area contributed by atoms with Gasteiger partial charge in [0, 0.05) is 44.7 Å². The van der Waals surface area contributed by atoms with E-state index >= 15 is 0 Å². The molecule has 8 N–H and O–H groups in total. The summed E-state index contributed by atoms with van der Waals surface area (Å²) in [5.74, 6) is -3.40. The topological polar surface area (TPSA) is 175 Å². The van der Waals surface area contributed by atoms with E-state index in [1.165, 1.54) is 36.4 Å². The van der Waals surface area contributed by atoms with Gasteiger partial charge in [-0.05, 0) is 72.8 Å². The predicted molar refractivity (Wildman–Crippen MR) is 162 cm³/mol. The fraction of sp³-hybridized carbons (Fsp3) is 0.103. The molecule has 0 heterocycles. The minimum atomic E-state index is -2.21. The number of carbonyl (C=O) groups excluding carboxylic acids is 2. The van der Waals surface area contributed by atoms with Crippen LogP contribution < -0.4 is 32.4 Å². The molecule has 0 aliphatic heterocycles. The number of esters is 2. The van der Waals surface area contributed by atoms with E-state index < -0.39 is 17.9 Å². The first-order chi connectivity index (χ1) is 19.5. The van der Waals surface area contributed by atoms with Crippen LogP contribution in [-0.4, -0.2) is 24.5 Å². The molecule has 10 nitrogen and oxygen atoms in total. The molecule has 12 heteroatoms. The summed E-state index contributed by atoms with van der Waals surface area (Å²) in [6.45, 7) is -0.299. The lowest BCUT2D eigenvalue weighted by atomic mass is 10.2. The average molecular weight is 593 g/mol. The molecular formula is C29H28N4O6S2. The molecule has 0 saturated heterocycles. The second-order valence-corrected chi connectivity index (χ2v) is 9.82. The van der Waals surface area contributed by atoms with E-state index in [1.807, 2.05) is 0 Å². The third-order valence-electron chi connectivity index (χ3n) is 5.68. The number of hydrogen-bond donors (Lipinski definition) is 6. The van der Waals surface area contributed by atoms with Crippen molar-refractivity contribution in [1.82, 2.24) is 0 Å². The summed E-state index contributed by atoms with van der Waals surface area (Å²) in [4.78, 5) is 26.8. The number of anilines is 4. The van der Waals surface area contributed by atoms with Crippen LogP contribution in [0.4, 0.5) is 22.7 Å². The Balaban J connectivity index is 1.72. The van der Waals surface area contributed by atoms with Gasteiger partial charge in [-0.25, -0.2) is 9.59 Å². The molecule has 41 heavy (non-hydrogen) atoms. The zero-order valence-electron chi connectivity index (χ0n) is 21.7. The third-order valence-corrected chi connectivity index (χ3v) is 6.42. The Kier molecular flexibility index (Phi) is 9.05. The maximum Gasteiger partial charge on any atom is 0.422 e. The van der Waals surface area contributed by atoms with Crippen molar-refractivity contribution in [3.05, 3.63) is 96.1 Å². The van der Waals surface area contributed by atoms with Gasteiger partial charge in [0.1, 0.15) is 24.5 Å². The fourth-order valence-corrected chi connectivity index (χ4v) is 3.94. The second kappa shape index (κ2) is 12.7. The van der Waals surface area contributed by atoms with Crippen LogP contribution in [0.25, 0.3) is 0 Å². The molecule has 0 bridgehead atoms. The molecule has 4 aromatic carbocycles. The van der Waals surface area contributed by atoms with Crippen molar-refractivity contribution in [2.24, 2.45) is 0 Å². The number of rotatable bonds is 10. The number of ether oxygens (including phenoxy) is 4. The van der Waals surface area contributed by atoms with Crippen molar-refractivity contribution in [3.8, 4) is 11.5 Å². The van der Waals surface area contributed by atoms with E-state index in [2.05, 4.69) is 25.3 Å². The third kappa shape index (κ3) is 7.71. The number of nitrogens with two attached hydrogens (primary N) is 4. The second-order valence-electron chi connectivity index (χ2n) is 8.86. The lowest BCUT2D eigenvalue weighted by molar-refractivity contribution is -0.277. The molecule has 0 amide bonds. The minimum Gasteiger partial charge on any atom is -0.462 e. The number of benzene rings is 4. The minimum absolute atomic E-state index is 0.132. The van der Waals surface area contributed by atoms with E-state index in [9.17, 15) is 9.59 Å². The Labute approximate surface area is 247 Å². The number of carbonyl (C=O) groups is 2. The SMILES string of the molecule is Nc1ccc(C(=O)OCCC(OC(=O)c2ccc(N)cc2)(Oc2cc(N)ccc2S)Oc2cc(N)ccc2S)cc1. The van der Waals surface area contributed by atoms with Crippen LogP contribution in [0.1, 0.15) is 27.1 Å². The summed E-state index contributed by atoms with van der Waals surface area (Å²) >= 11 is 8.90. The van der Waals surface area contributed by atoms with Crippen molar-refractivity contribution in [2.75, 3.05) is 29.5 Å². The Hall–Kier alpha value is -4.68. The Bertz CT molecular complexity index is 1490. The molecule has 0 atom stereocenters. The van der Waals surface area contributed by atoms with Crippen LogP contribution in [0.15, 0.2) is 94.7 Å². The van der Waals surface area contributed by atoms with Gasteiger partial charge < -0.3 is 41.9 Å². The van der Waals surface area contributed by atoms with E-state index in [4.69, 9.17) is 41.9 Å². The summed E-state index contributed by atoms with van der Waals surface area (Å²) in [7, 11) is 0. The van der Waals surface area contributed by atoms with Gasteiger partial charge in [-0.2, -0.15) is 0 Å². The molecule has 0 unspecified atom stereocenters. The summed E-state index contributed by atoms with van der Waals surface area (Å²) in [5.41, 5.74) is 25.5. The largest absolute Gasteiger partial charge is 0.462 e. The molecule has 4 rings (SSSR count). The van der Waals surface area contributed by atoms with Crippen molar-refractivity contribution < 1.29 is 28.5 Å². The summed E-state index contributed by atoms with van der Waals surface area (Å²) in [5, 5.41) is 0. The molecule has 0 radical (unpaired) electrons. The average Bonchev–Trinajstić information content (AvgIpc) is 2.93. The van der Waals surface area contributed by atoms with Gasteiger partial charge >= 0.3 is 17.9 Å². The van der Waals surface area contributed by atoms with Gasteiger partial charge in [0.15, 0.2) is 0 Å².